The standard InChI is InChI=1S/C17H18N2O3S2/c1-3-21-12-6-7-14-15(9-12)24-17(18-14)19-16(20)11(2)23-10-13-5-4-8-22-13/h4-9,11H,3,10H2,1-2H3,(H,18,19,20). The van der Waals surface area contributed by atoms with Crippen LogP contribution in [0.5, 0.6) is 5.75 Å². The quantitative estimate of drug-likeness (QED) is 0.668. The lowest BCUT2D eigenvalue weighted by Crippen LogP contribution is -2.22. The summed E-state index contributed by atoms with van der Waals surface area (Å²) in [7, 11) is 0. The van der Waals surface area contributed by atoms with Crippen molar-refractivity contribution in [3.05, 3.63) is 42.4 Å². The SMILES string of the molecule is CCOc1ccc2nc(NC(=O)C(C)SCc3ccco3)sc2c1. The summed E-state index contributed by atoms with van der Waals surface area (Å²) in [5.41, 5.74) is 0.856. The summed E-state index contributed by atoms with van der Waals surface area (Å²) in [4.78, 5) is 16.7. The molecule has 0 aliphatic heterocycles. The van der Waals surface area contributed by atoms with Crippen molar-refractivity contribution in [2.45, 2.75) is 24.9 Å². The zero-order chi connectivity index (χ0) is 16.9. The van der Waals surface area contributed by atoms with Gasteiger partial charge < -0.3 is 14.5 Å². The number of nitrogens with one attached hydrogen (secondary N) is 1. The monoisotopic (exact) mass is 362 g/mol. The van der Waals surface area contributed by atoms with Crippen molar-refractivity contribution in [2.24, 2.45) is 0 Å². The van der Waals surface area contributed by atoms with E-state index in [1.807, 2.05) is 44.2 Å². The molecule has 1 N–H and O–H groups in total. The number of anilines is 1. The van der Waals surface area contributed by atoms with Crippen LogP contribution in [0.25, 0.3) is 10.2 Å². The van der Waals surface area contributed by atoms with Crippen molar-refractivity contribution in [3.63, 3.8) is 0 Å². The van der Waals surface area contributed by atoms with Gasteiger partial charge in [-0.05, 0) is 44.2 Å². The zero-order valence-electron chi connectivity index (χ0n) is 13.4. The Hall–Kier alpha value is -1.99. The Morgan fingerprint density at radius 2 is 2.33 bits per heavy atom. The number of carbonyl (C=O) groups is 1. The van der Waals surface area contributed by atoms with Crippen LogP contribution in [-0.2, 0) is 10.5 Å². The molecule has 1 amide bonds. The molecule has 126 valence electrons. The molecule has 24 heavy (non-hydrogen) atoms. The van der Waals surface area contributed by atoms with Crippen LogP contribution in [0.3, 0.4) is 0 Å². The number of hydrogen-bond acceptors (Lipinski definition) is 6. The van der Waals surface area contributed by atoms with Gasteiger partial charge in [-0.3, -0.25) is 4.79 Å². The van der Waals surface area contributed by atoms with Crippen molar-refractivity contribution < 1.29 is 13.9 Å². The lowest BCUT2D eigenvalue weighted by atomic mass is 10.3. The molecular weight excluding hydrogens is 344 g/mol. The fraction of sp³-hybridized carbons (Fsp3) is 0.294. The second-order valence-electron chi connectivity index (χ2n) is 5.10. The number of amides is 1. The van der Waals surface area contributed by atoms with Gasteiger partial charge in [0.15, 0.2) is 5.13 Å². The number of aromatic nitrogens is 1. The van der Waals surface area contributed by atoms with Gasteiger partial charge in [-0.25, -0.2) is 4.98 Å². The average Bonchev–Trinajstić information content (AvgIpc) is 3.21. The number of carbonyl (C=O) groups excluding carboxylic acids is 1. The van der Waals surface area contributed by atoms with E-state index < -0.39 is 0 Å². The molecule has 3 rings (SSSR count). The fourth-order valence-electron chi connectivity index (χ4n) is 2.10. The van der Waals surface area contributed by atoms with E-state index >= 15 is 0 Å². The molecular formula is C17H18N2O3S2. The van der Waals surface area contributed by atoms with Crippen LogP contribution < -0.4 is 10.1 Å². The number of ether oxygens (including phenoxy) is 1. The number of furan rings is 1. The maximum Gasteiger partial charge on any atom is 0.239 e. The summed E-state index contributed by atoms with van der Waals surface area (Å²) in [6, 6.07) is 9.49. The van der Waals surface area contributed by atoms with Crippen LogP contribution in [0.15, 0.2) is 41.0 Å². The van der Waals surface area contributed by atoms with Gasteiger partial charge >= 0.3 is 0 Å². The molecule has 0 bridgehead atoms. The van der Waals surface area contributed by atoms with E-state index in [4.69, 9.17) is 9.15 Å². The van der Waals surface area contributed by atoms with Crippen LogP contribution in [0.2, 0.25) is 0 Å². The lowest BCUT2D eigenvalue weighted by molar-refractivity contribution is -0.115. The minimum absolute atomic E-state index is 0.0596. The maximum atomic E-state index is 12.3. The van der Waals surface area contributed by atoms with Crippen molar-refractivity contribution >= 4 is 44.4 Å². The van der Waals surface area contributed by atoms with Crippen LogP contribution in [0, 0.1) is 0 Å². The highest BCUT2D eigenvalue weighted by Crippen LogP contribution is 2.30. The van der Waals surface area contributed by atoms with E-state index in [1.165, 1.54) is 23.1 Å². The second kappa shape index (κ2) is 7.72. The smallest absolute Gasteiger partial charge is 0.239 e. The van der Waals surface area contributed by atoms with Gasteiger partial charge in [-0.15, -0.1) is 11.8 Å². The van der Waals surface area contributed by atoms with Gasteiger partial charge in [0, 0.05) is 0 Å². The highest BCUT2D eigenvalue weighted by Gasteiger charge is 2.16. The molecule has 0 aliphatic carbocycles. The summed E-state index contributed by atoms with van der Waals surface area (Å²) >= 11 is 2.98. The van der Waals surface area contributed by atoms with Crippen LogP contribution in [0.4, 0.5) is 5.13 Å². The Bertz CT molecular complexity index is 814. The number of fused-ring (bicyclic) bond motifs is 1. The van der Waals surface area contributed by atoms with Crippen LogP contribution in [0.1, 0.15) is 19.6 Å². The van der Waals surface area contributed by atoms with E-state index in [0.29, 0.717) is 17.5 Å². The van der Waals surface area contributed by atoms with E-state index in [-0.39, 0.29) is 11.2 Å². The molecule has 0 radical (unpaired) electrons. The van der Waals surface area contributed by atoms with E-state index in [2.05, 4.69) is 10.3 Å². The first-order valence-electron chi connectivity index (χ1n) is 7.64. The molecule has 2 aromatic heterocycles. The van der Waals surface area contributed by atoms with Gasteiger partial charge in [0.2, 0.25) is 5.91 Å². The Morgan fingerprint density at radius 1 is 1.46 bits per heavy atom. The zero-order valence-corrected chi connectivity index (χ0v) is 15.1. The molecule has 0 saturated heterocycles. The summed E-state index contributed by atoms with van der Waals surface area (Å²) in [6.07, 6.45) is 1.64. The normalized spacial score (nSPS) is 12.2. The number of rotatable bonds is 7. The number of thioether (sulfide) groups is 1. The molecule has 0 spiro atoms. The van der Waals surface area contributed by atoms with Crippen molar-refractivity contribution in [2.75, 3.05) is 11.9 Å². The van der Waals surface area contributed by atoms with Crippen molar-refractivity contribution in [1.29, 1.82) is 0 Å². The van der Waals surface area contributed by atoms with E-state index in [9.17, 15) is 4.79 Å². The summed E-state index contributed by atoms with van der Waals surface area (Å²) in [6.45, 7) is 4.45. The molecule has 1 unspecified atom stereocenters. The van der Waals surface area contributed by atoms with Gasteiger partial charge in [-0.1, -0.05) is 11.3 Å². The average molecular weight is 362 g/mol. The predicted octanol–water partition coefficient (Wildman–Crippen LogP) is 4.55. The molecule has 2 heterocycles. The summed E-state index contributed by atoms with van der Waals surface area (Å²) in [5.74, 6) is 2.28. The van der Waals surface area contributed by atoms with E-state index in [0.717, 1.165) is 21.7 Å². The number of hydrogen-bond donors (Lipinski definition) is 1. The van der Waals surface area contributed by atoms with Gasteiger partial charge in [-0.2, -0.15) is 0 Å². The van der Waals surface area contributed by atoms with Crippen molar-refractivity contribution in [1.82, 2.24) is 4.98 Å². The van der Waals surface area contributed by atoms with Gasteiger partial charge in [0.1, 0.15) is 11.5 Å². The summed E-state index contributed by atoms with van der Waals surface area (Å²) < 4.78 is 11.8. The predicted molar refractivity (Wildman–Crippen MR) is 98.9 cm³/mol. The fourth-order valence-corrected chi connectivity index (χ4v) is 3.79. The highest BCUT2D eigenvalue weighted by atomic mass is 32.2. The molecule has 0 saturated carbocycles. The molecule has 1 atom stereocenters. The Kier molecular flexibility index (Phi) is 5.42. The van der Waals surface area contributed by atoms with E-state index in [1.54, 1.807) is 6.26 Å². The molecule has 3 aromatic rings. The molecule has 0 aliphatic rings. The van der Waals surface area contributed by atoms with Gasteiger partial charge in [0.25, 0.3) is 0 Å². The Labute approximate surface area is 148 Å². The number of thiazole rings is 1. The summed E-state index contributed by atoms with van der Waals surface area (Å²) in [5, 5.41) is 3.30. The highest BCUT2D eigenvalue weighted by molar-refractivity contribution is 7.99. The topological polar surface area (TPSA) is 64.4 Å². The first-order valence-corrected chi connectivity index (χ1v) is 9.50. The Balaban J connectivity index is 1.61. The molecule has 5 nitrogen and oxygen atoms in total. The largest absolute Gasteiger partial charge is 0.494 e. The first-order chi connectivity index (χ1) is 11.7. The second-order valence-corrected chi connectivity index (χ2v) is 7.46. The minimum Gasteiger partial charge on any atom is -0.494 e. The maximum absolute atomic E-state index is 12.3. The van der Waals surface area contributed by atoms with Crippen LogP contribution >= 0.6 is 23.1 Å². The van der Waals surface area contributed by atoms with Crippen molar-refractivity contribution in [3.8, 4) is 5.75 Å². The van der Waals surface area contributed by atoms with Gasteiger partial charge in [0.05, 0.1) is 34.1 Å². The molecule has 0 fully saturated rings. The lowest BCUT2D eigenvalue weighted by Gasteiger charge is -2.09. The third-order valence-corrected chi connectivity index (χ3v) is 5.42. The Morgan fingerprint density at radius 3 is 3.08 bits per heavy atom. The third kappa shape index (κ3) is 4.10. The molecule has 1 aromatic carbocycles. The first kappa shape index (κ1) is 16.9. The minimum atomic E-state index is -0.193. The number of benzene rings is 1. The third-order valence-electron chi connectivity index (χ3n) is 3.33. The number of nitrogens with zero attached hydrogens (tertiary/aromatic N) is 1. The molecule has 7 heteroatoms. The van der Waals surface area contributed by atoms with Crippen LogP contribution in [-0.4, -0.2) is 22.7 Å².